The zero-order chi connectivity index (χ0) is 14.7. The Bertz CT molecular complexity index is 491. The predicted molar refractivity (Wildman–Crippen MR) is 85.3 cm³/mol. The lowest BCUT2D eigenvalue weighted by Crippen LogP contribution is -2.50. The van der Waals surface area contributed by atoms with Crippen molar-refractivity contribution in [2.45, 2.75) is 12.8 Å². The number of likely N-dealkylation sites (tertiary alicyclic amines) is 1. The van der Waals surface area contributed by atoms with Crippen molar-refractivity contribution in [3.63, 3.8) is 0 Å². The molecule has 0 atom stereocenters. The Morgan fingerprint density at radius 3 is 2.33 bits per heavy atom. The molecule has 1 amide bonds. The van der Waals surface area contributed by atoms with Gasteiger partial charge < -0.3 is 15.5 Å². The summed E-state index contributed by atoms with van der Waals surface area (Å²) in [5.41, 5.74) is 7.98. The van der Waals surface area contributed by atoms with Crippen LogP contribution >= 0.6 is 0 Å². The highest BCUT2D eigenvalue weighted by Gasteiger charge is 2.23. The zero-order valence-electron chi connectivity index (χ0n) is 12.5. The Balaban J connectivity index is 1.51. The molecule has 0 bridgehead atoms. The number of piperazine rings is 1. The van der Waals surface area contributed by atoms with Crippen LogP contribution in [0.3, 0.4) is 0 Å². The molecule has 5 nitrogen and oxygen atoms in total. The van der Waals surface area contributed by atoms with Crippen LogP contribution in [-0.2, 0) is 4.79 Å². The number of benzene rings is 1. The van der Waals surface area contributed by atoms with Crippen molar-refractivity contribution in [2.75, 3.05) is 56.4 Å². The van der Waals surface area contributed by atoms with Crippen LogP contribution in [0.1, 0.15) is 12.8 Å². The number of nitrogens with two attached hydrogens (primary N) is 1. The first-order valence-electron chi connectivity index (χ1n) is 7.83. The number of carbonyl (C=O) groups is 1. The van der Waals surface area contributed by atoms with Gasteiger partial charge in [-0.05, 0) is 25.0 Å². The first kappa shape index (κ1) is 14.2. The van der Waals surface area contributed by atoms with E-state index in [1.807, 2.05) is 23.1 Å². The van der Waals surface area contributed by atoms with Gasteiger partial charge in [0.05, 0.1) is 17.9 Å². The number of hydrogen-bond acceptors (Lipinski definition) is 4. The van der Waals surface area contributed by atoms with Gasteiger partial charge in [-0.2, -0.15) is 0 Å². The highest BCUT2D eigenvalue weighted by molar-refractivity contribution is 5.78. The number of carbonyl (C=O) groups excluding carboxylic acids is 1. The van der Waals surface area contributed by atoms with E-state index >= 15 is 0 Å². The fraction of sp³-hybridized carbons (Fsp3) is 0.562. The van der Waals surface area contributed by atoms with Crippen LogP contribution in [0.4, 0.5) is 11.4 Å². The van der Waals surface area contributed by atoms with Crippen molar-refractivity contribution in [1.29, 1.82) is 0 Å². The minimum absolute atomic E-state index is 0.292. The lowest BCUT2D eigenvalue weighted by Gasteiger charge is -2.36. The minimum Gasteiger partial charge on any atom is -0.397 e. The smallest absolute Gasteiger partial charge is 0.236 e. The summed E-state index contributed by atoms with van der Waals surface area (Å²) in [6, 6.07) is 8.00. The molecule has 2 fully saturated rings. The Morgan fingerprint density at radius 1 is 1.00 bits per heavy atom. The summed E-state index contributed by atoms with van der Waals surface area (Å²) >= 11 is 0. The third-order valence-corrected chi connectivity index (χ3v) is 4.47. The van der Waals surface area contributed by atoms with E-state index < -0.39 is 0 Å². The maximum atomic E-state index is 12.2. The average molecular weight is 288 g/mol. The molecule has 2 N–H and O–H groups in total. The van der Waals surface area contributed by atoms with Gasteiger partial charge in [0.25, 0.3) is 0 Å². The average Bonchev–Trinajstić information content (AvgIpc) is 3.03. The molecule has 3 rings (SSSR count). The molecule has 0 saturated carbocycles. The Hall–Kier alpha value is -1.75. The van der Waals surface area contributed by atoms with Crippen LogP contribution in [0.5, 0.6) is 0 Å². The molecule has 2 saturated heterocycles. The van der Waals surface area contributed by atoms with E-state index in [0.717, 1.165) is 63.5 Å². The molecule has 0 radical (unpaired) electrons. The second-order valence-electron chi connectivity index (χ2n) is 5.91. The summed E-state index contributed by atoms with van der Waals surface area (Å²) in [6.45, 7) is 6.17. The van der Waals surface area contributed by atoms with Crippen LogP contribution in [0.15, 0.2) is 24.3 Å². The van der Waals surface area contributed by atoms with Crippen molar-refractivity contribution in [2.24, 2.45) is 0 Å². The standard InChI is InChI=1S/C16H24N4O/c17-14-5-1-2-6-15(14)19-11-9-18(10-12-19)13-16(21)20-7-3-4-8-20/h1-2,5-6H,3-4,7-13,17H2. The van der Waals surface area contributed by atoms with Crippen molar-refractivity contribution in [3.05, 3.63) is 24.3 Å². The van der Waals surface area contributed by atoms with Crippen LogP contribution in [-0.4, -0.2) is 61.5 Å². The second-order valence-corrected chi connectivity index (χ2v) is 5.91. The van der Waals surface area contributed by atoms with E-state index in [4.69, 9.17) is 5.73 Å². The fourth-order valence-electron chi connectivity index (χ4n) is 3.18. The van der Waals surface area contributed by atoms with E-state index in [-0.39, 0.29) is 0 Å². The molecule has 5 heteroatoms. The van der Waals surface area contributed by atoms with Gasteiger partial charge in [-0.15, -0.1) is 0 Å². The molecule has 114 valence electrons. The zero-order valence-corrected chi connectivity index (χ0v) is 12.5. The Kier molecular flexibility index (Phi) is 4.29. The molecular formula is C16H24N4O. The van der Waals surface area contributed by atoms with Gasteiger partial charge in [-0.1, -0.05) is 12.1 Å². The first-order chi connectivity index (χ1) is 10.2. The summed E-state index contributed by atoms with van der Waals surface area (Å²) in [5.74, 6) is 0.292. The molecule has 0 aromatic heterocycles. The summed E-state index contributed by atoms with van der Waals surface area (Å²) in [6.07, 6.45) is 2.32. The lowest BCUT2D eigenvalue weighted by molar-refractivity contribution is -0.131. The van der Waals surface area contributed by atoms with Crippen LogP contribution in [0.25, 0.3) is 0 Å². The molecule has 1 aromatic carbocycles. The van der Waals surface area contributed by atoms with E-state index in [2.05, 4.69) is 15.9 Å². The van der Waals surface area contributed by atoms with E-state index in [0.29, 0.717) is 12.5 Å². The van der Waals surface area contributed by atoms with Crippen molar-refractivity contribution >= 4 is 17.3 Å². The van der Waals surface area contributed by atoms with Crippen LogP contribution in [0.2, 0.25) is 0 Å². The van der Waals surface area contributed by atoms with Crippen molar-refractivity contribution in [1.82, 2.24) is 9.80 Å². The Labute approximate surface area is 126 Å². The number of nitrogen functional groups attached to an aromatic ring is 1. The predicted octanol–water partition coefficient (Wildman–Crippen LogP) is 1.01. The fourth-order valence-corrected chi connectivity index (χ4v) is 3.18. The first-order valence-corrected chi connectivity index (χ1v) is 7.83. The van der Waals surface area contributed by atoms with Crippen molar-refractivity contribution in [3.8, 4) is 0 Å². The normalized spacial score (nSPS) is 20.0. The molecule has 0 aliphatic carbocycles. The molecule has 0 unspecified atom stereocenters. The minimum atomic E-state index is 0.292. The molecule has 2 aliphatic heterocycles. The SMILES string of the molecule is Nc1ccccc1N1CCN(CC(=O)N2CCCC2)CC1. The van der Waals surface area contributed by atoms with E-state index in [9.17, 15) is 4.79 Å². The lowest BCUT2D eigenvalue weighted by atomic mass is 10.2. The van der Waals surface area contributed by atoms with E-state index in [1.165, 1.54) is 0 Å². The van der Waals surface area contributed by atoms with Gasteiger partial charge in [0.1, 0.15) is 0 Å². The summed E-state index contributed by atoms with van der Waals surface area (Å²) < 4.78 is 0. The van der Waals surface area contributed by atoms with Crippen LogP contribution in [0, 0.1) is 0 Å². The summed E-state index contributed by atoms with van der Waals surface area (Å²) in [7, 11) is 0. The van der Waals surface area contributed by atoms with Gasteiger partial charge >= 0.3 is 0 Å². The van der Waals surface area contributed by atoms with Gasteiger partial charge in [0.2, 0.25) is 5.91 Å². The van der Waals surface area contributed by atoms with Gasteiger partial charge in [0, 0.05) is 39.3 Å². The highest BCUT2D eigenvalue weighted by atomic mass is 16.2. The van der Waals surface area contributed by atoms with Crippen LogP contribution < -0.4 is 10.6 Å². The third kappa shape index (κ3) is 3.29. The molecule has 2 heterocycles. The number of nitrogens with zero attached hydrogens (tertiary/aromatic N) is 3. The summed E-state index contributed by atoms with van der Waals surface area (Å²) in [4.78, 5) is 18.7. The number of amides is 1. The molecular weight excluding hydrogens is 264 g/mol. The molecule has 1 aromatic rings. The van der Waals surface area contributed by atoms with Gasteiger partial charge in [-0.25, -0.2) is 0 Å². The van der Waals surface area contributed by atoms with Gasteiger partial charge in [0.15, 0.2) is 0 Å². The monoisotopic (exact) mass is 288 g/mol. The maximum Gasteiger partial charge on any atom is 0.236 e. The molecule has 2 aliphatic rings. The second kappa shape index (κ2) is 6.35. The summed E-state index contributed by atoms with van der Waals surface area (Å²) in [5, 5.41) is 0. The van der Waals surface area contributed by atoms with Gasteiger partial charge in [-0.3, -0.25) is 9.69 Å². The topological polar surface area (TPSA) is 52.8 Å². The number of hydrogen-bond donors (Lipinski definition) is 1. The number of para-hydroxylation sites is 2. The number of anilines is 2. The molecule has 21 heavy (non-hydrogen) atoms. The van der Waals surface area contributed by atoms with E-state index in [1.54, 1.807) is 0 Å². The quantitative estimate of drug-likeness (QED) is 0.844. The largest absolute Gasteiger partial charge is 0.397 e. The maximum absolute atomic E-state index is 12.2. The highest BCUT2D eigenvalue weighted by Crippen LogP contribution is 2.23. The third-order valence-electron chi connectivity index (χ3n) is 4.47. The van der Waals surface area contributed by atoms with Crippen molar-refractivity contribution < 1.29 is 4.79 Å². The number of rotatable bonds is 3. The molecule has 0 spiro atoms. The Morgan fingerprint density at radius 2 is 1.67 bits per heavy atom.